The highest BCUT2D eigenvalue weighted by Gasteiger charge is 2.22. The van der Waals surface area contributed by atoms with Crippen molar-refractivity contribution in [3.8, 4) is 17.2 Å². The summed E-state index contributed by atoms with van der Waals surface area (Å²) >= 11 is 0. The number of ether oxygens (including phenoxy) is 1. The Kier molecular flexibility index (Phi) is 6.15. The topological polar surface area (TPSA) is 79.6 Å². The molecule has 1 fully saturated rings. The van der Waals surface area contributed by atoms with E-state index in [0.29, 0.717) is 29.9 Å². The molecule has 0 aliphatic carbocycles. The lowest BCUT2D eigenvalue weighted by Gasteiger charge is -2.26. The Bertz CT molecular complexity index is 1020. The molecule has 2 aromatic rings. The van der Waals surface area contributed by atoms with E-state index >= 15 is 0 Å². The van der Waals surface area contributed by atoms with Crippen molar-refractivity contribution in [1.29, 1.82) is 5.26 Å². The fraction of sp³-hybridized carbons (Fsp3) is 0.286. The van der Waals surface area contributed by atoms with Gasteiger partial charge in [-0.1, -0.05) is 30.3 Å². The first kappa shape index (κ1) is 20.1. The number of hydrogen-bond donors (Lipinski definition) is 0. The molecular weight excluding hydrogens is 376 g/mol. The molecule has 146 valence electrons. The molecule has 0 radical (unpaired) electrons. The van der Waals surface area contributed by atoms with Gasteiger partial charge in [0.15, 0.2) is 0 Å². The number of aryl methyl sites for hydroxylation is 1. The average Bonchev–Trinajstić information content (AvgIpc) is 2.68. The van der Waals surface area contributed by atoms with E-state index < -0.39 is 10.1 Å². The number of nitriles is 1. The van der Waals surface area contributed by atoms with Crippen molar-refractivity contribution in [2.75, 3.05) is 26.3 Å². The van der Waals surface area contributed by atoms with E-state index in [4.69, 9.17) is 8.92 Å². The summed E-state index contributed by atoms with van der Waals surface area (Å²) in [7, 11) is -4.01. The number of morpholine rings is 1. The first-order chi connectivity index (χ1) is 13.4. The standard InChI is InChI=1S/C21H22N2O4S/c1-3-27-28(24,25)21-7-4-16(2)12-20(21)19-6-5-17(13-18(19)14-22)15-23-8-10-26-11-9-23/h3-7,12-13H,1,8-11,15H2,2H3. The number of rotatable bonds is 6. The van der Waals surface area contributed by atoms with E-state index in [0.717, 1.165) is 37.0 Å². The molecule has 1 aliphatic rings. The zero-order chi connectivity index (χ0) is 20.1. The van der Waals surface area contributed by atoms with Crippen LogP contribution in [0.15, 0.2) is 54.1 Å². The van der Waals surface area contributed by atoms with Crippen molar-refractivity contribution in [2.24, 2.45) is 0 Å². The minimum absolute atomic E-state index is 0.00966. The smallest absolute Gasteiger partial charge is 0.339 e. The van der Waals surface area contributed by atoms with Gasteiger partial charge in [0.05, 0.1) is 31.1 Å². The molecule has 1 saturated heterocycles. The maximum absolute atomic E-state index is 12.5. The van der Waals surface area contributed by atoms with Crippen LogP contribution >= 0.6 is 0 Å². The molecule has 0 amide bonds. The third-order valence-corrected chi connectivity index (χ3v) is 5.89. The molecule has 7 heteroatoms. The maximum Gasteiger partial charge on any atom is 0.339 e. The second-order valence-corrected chi connectivity index (χ2v) is 8.14. The molecule has 2 aromatic carbocycles. The van der Waals surface area contributed by atoms with Crippen LogP contribution in [0.25, 0.3) is 11.1 Å². The van der Waals surface area contributed by atoms with Gasteiger partial charge in [0.1, 0.15) is 4.90 Å². The number of hydrogen-bond acceptors (Lipinski definition) is 6. The van der Waals surface area contributed by atoms with Gasteiger partial charge in [-0.15, -0.1) is 0 Å². The van der Waals surface area contributed by atoms with Crippen molar-refractivity contribution in [2.45, 2.75) is 18.4 Å². The van der Waals surface area contributed by atoms with Crippen LogP contribution in [0.4, 0.5) is 0 Å². The molecule has 28 heavy (non-hydrogen) atoms. The lowest BCUT2D eigenvalue weighted by atomic mass is 9.96. The minimum Gasteiger partial charge on any atom is -0.388 e. The molecular formula is C21H22N2O4S. The summed E-state index contributed by atoms with van der Waals surface area (Å²) in [5.74, 6) is 0. The zero-order valence-electron chi connectivity index (χ0n) is 15.7. The van der Waals surface area contributed by atoms with Gasteiger partial charge in [0.25, 0.3) is 0 Å². The predicted octanol–water partition coefficient (Wildman–Crippen LogP) is 3.21. The molecule has 0 unspecified atom stereocenters. The van der Waals surface area contributed by atoms with Gasteiger partial charge in [0, 0.05) is 30.8 Å². The molecule has 3 rings (SSSR count). The molecule has 0 spiro atoms. The monoisotopic (exact) mass is 398 g/mol. The van der Waals surface area contributed by atoms with E-state index in [-0.39, 0.29) is 4.90 Å². The van der Waals surface area contributed by atoms with Gasteiger partial charge in [-0.2, -0.15) is 13.7 Å². The van der Waals surface area contributed by atoms with E-state index in [9.17, 15) is 13.7 Å². The van der Waals surface area contributed by atoms with Gasteiger partial charge < -0.3 is 8.92 Å². The van der Waals surface area contributed by atoms with Crippen LogP contribution in [0.3, 0.4) is 0 Å². The van der Waals surface area contributed by atoms with Crippen molar-refractivity contribution in [3.63, 3.8) is 0 Å². The Labute approximate surface area is 165 Å². The zero-order valence-corrected chi connectivity index (χ0v) is 16.5. The third-order valence-electron chi connectivity index (χ3n) is 4.60. The van der Waals surface area contributed by atoms with Crippen molar-refractivity contribution < 1.29 is 17.3 Å². The van der Waals surface area contributed by atoms with Crippen LogP contribution in [0.2, 0.25) is 0 Å². The van der Waals surface area contributed by atoms with Crippen LogP contribution < -0.4 is 0 Å². The number of benzene rings is 2. The van der Waals surface area contributed by atoms with Crippen LogP contribution in [0.5, 0.6) is 0 Å². The largest absolute Gasteiger partial charge is 0.388 e. The fourth-order valence-corrected chi connectivity index (χ4v) is 4.20. The van der Waals surface area contributed by atoms with Crippen molar-refractivity contribution in [3.05, 3.63) is 65.9 Å². The lowest BCUT2D eigenvalue weighted by Crippen LogP contribution is -2.35. The van der Waals surface area contributed by atoms with Crippen LogP contribution in [-0.2, 0) is 25.6 Å². The van der Waals surface area contributed by atoms with Crippen molar-refractivity contribution in [1.82, 2.24) is 4.90 Å². The highest BCUT2D eigenvalue weighted by molar-refractivity contribution is 7.87. The minimum atomic E-state index is -4.01. The summed E-state index contributed by atoms with van der Waals surface area (Å²) in [6, 6.07) is 12.7. The Morgan fingerprint density at radius 1 is 1.21 bits per heavy atom. The molecule has 0 bridgehead atoms. The summed E-state index contributed by atoms with van der Waals surface area (Å²) in [6.45, 7) is 9.02. The van der Waals surface area contributed by atoms with Crippen LogP contribution in [0, 0.1) is 18.3 Å². The normalized spacial score (nSPS) is 15.0. The summed E-state index contributed by atoms with van der Waals surface area (Å²) < 4.78 is 35.1. The molecule has 0 saturated carbocycles. The average molecular weight is 398 g/mol. The Morgan fingerprint density at radius 3 is 2.64 bits per heavy atom. The first-order valence-corrected chi connectivity index (χ1v) is 10.3. The van der Waals surface area contributed by atoms with Crippen molar-refractivity contribution >= 4 is 10.1 Å². The van der Waals surface area contributed by atoms with E-state index in [2.05, 4.69) is 17.5 Å². The second kappa shape index (κ2) is 8.57. The van der Waals surface area contributed by atoms with Crippen LogP contribution in [-0.4, -0.2) is 39.6 Å². The molecule has 1 aliphatic heterocycles. The van der Waals surface area contributed by atoms with Gasteiger partial charge in [-0.25, -0.2) is 0 Å². The maximum atomic E-state index is 12.5. The first-order valence-electron chi connectivity index (χ1n) is 8.93. The van der Waals surface area contributed by atoms with E-state index in [1.807, 2.05) is 19.1 Å². The lowest BCUT2D eigenvalue weighted by molar-refractivity contribution is 0.0342. The summed E-state index contributed by atoms with van der Waals surface area (Å²) in [4.78, 5) is 2.27. The highest BCUT2D eigenvalue weighted by atomic mass is 32.2. The fourth-order valence-electron chi connectivity index (χ4n) is 3.25. The third kappa shape index (κ3) is 4.42. The molecule has 1 heterocycles. The highest BCUT2D eigenvalue weighted by Crippen LogP contribution is 2.32. The quantitative estimate of drug-likeness (QED) is 0.549. The van der Waals surface area contributed by atoms with Crippen LogP contribution in [0.1, 0.15) is 16.7 Å². The number of nitrogens with zero attached hydrogens (tertiary/aromatic N) is 2. The SMILES string of the molecule is C=COS(=O)(=O)c1ccc(C)cc1-c1ccc(CN2CCOCC2)cc1C#N. The molecule has 0 atom stereocenters. The Balaban J connectivity index is 2.03. The van der Waals surface area contributed by atoms with E-state index in [1.54, 1.807) is 18.2 Å². The van der Waals surface area contributed by atoms with Gasteiger partial charge in [-0.3, -0.25) is 4.90 Å². The Morgan fingerprint density at radius 2 is 1.96 bits per heavy atom. The summed E-state index contributed by atoms with van der Waals surface area (Å²) in [6.07, 6.45) is 0.885. The second-order valence-electron chi connectivity index (χ2n) is 6.60. The van der Waals surface area contributed by atoms with E-state index in [1.165, 1.54) is 6.07 Å². The van der Waals surface area contributed by atoms with Gasteiger partial charge in [0.2, 0.25) is 0 Å². The summed E-state index contributed by atoms with van der Waals surface area (Å²) in [5, 5.41) is 9.70. The molecule has 6 nitrogen and oxygen atoms in total. The van der Waals surface area contributed by atoms with Gasteiger partial charge >= 0.3 is 10.1 Å². The Hall–Kier alpha value is -2.66. The summed E-state index contributed by atoms with van der Waals surface area (Å²) in [5.41, 5.74) is 3.31. The van der Waals surface area contributed by atoms with Gasteiger partial charge in [-0.05, 0) is 30.7 Å². The predicted molar refractivity (Wildman–Crippen MR) is 106 cm³/mol. The molecule has 0 N–H and O–H groups in total. The molecule has 0 aromatic heterocycles.